The molecule has 0 spiro atoms. The fourth-order valence-corrected chi connectivity index (χ4v) is 4.31. The van der Waals surface area contributed by atoms with Gasteiger partial charge in [0.25, 0.3) is 0 Å². The van der Waals surface area contributed by atoms with Gasteiger partial charge < -0.3 is 18.2 Å². The third-order valence-electron chi connectivity index (χ3n) is 4.13. The molecule has 0 bridgehead atoms. The van der Waals surface area contributed by atoms with E-state index in [1.54, 1.807) is 24.3 Å². The van der Waals surface area contributed by atoms with Crippen LogP contribution in [-0.2, 0) is 60.0 Å². The molecule has 0 saturated carbocycles. The maximum absolute atomic E-state index is 10.3. The molecule has 4 rings (SSSR count). The molecule has 42 heavy (non-hydrogen) atoms. The second-order valence-corrected chi connectivity index (χ2v) is 12.6. The van der Waals surface area contributed by atoms with E-state index in [2.05, 4.69) is 0 Å². The largest absolute Gasteiger partial charge is 2.00 e. The van der Waals surface area contributed by atoms with Crippen LogP contribution >= 0.6 is 0 Å². The van der Waals surface area contributed by atoms with E-state index in [1.807, 2.05) is 0 Å². The van der Waals surface area contributed by atoms with Gasteiger partial charge in [-0.05, 0) is 48.5 Å². The van der Waals surface area contributed by atoms with Gasteiger partial charge in [-0.2, -0.15) is 0 Å². The van der Waals surface area contributed by atoms with E-state index in [-0.39, 0.29) is 62.1 Å². The molecule has 12 nitrogen and oxygen atoms in total. The molecule has 216 valence electrons. The van der Waals surface area contributed by atoms with Gasteiger partial charge in [0, 0.05) is 0 Å². The number of hydrogen-bond donors (Lipinski definition) is 0. The molecule has 0 radical (unpaired) electrons. The van der Waals surface area contributed by atoms with E-state index in [4.69, 9.17) is 0 Å². The van der Waals surface area contributed by atoms with Crippen LogP contribution < -0.4 is 0 Å². The Kier molecular flexibility index (Phi) is 19.3. The van der Waals surface area contributed by atoms with Crippen LogP contribution in [0.5, 0.6) is 0 Å². The Balaban J connectivity index is 0. The number of benzene rings is 4. The molecule has 0 aromatic heterocycles. The fourth-order valence-electron chi connectivity index (χ4n) is 2.35. The molecule has 0 aliphatic heterocycles. The minimum absolute atomic E-state index is 0. The molecule has 0 fully saturated rings. The van der Waals surface area contributed by atoms with Gasteiger partial charge >= 0.3 is 42.5 Å². The first-order valence-corrected chi connectivity index (χ1v) is 16.1. The number of rotatable bonds is 4. The fraction of sp³-hybridized carbons (Fsp3) is 0. The summed E-state index contributed by atoms with van der Waals surface area (Å²) in [5, 5.41) is 0. The van der Waals surface area contributed by atoms with E-state index in [9.17, 15) is 51.9 Å². The zero-order valence-electron chi connectivity index (χ0n) is 21.5. The van der Waals surface area contributed by atoms with Crippen molar-refractivity contribution in [2.45, 2.75) is 19.6 Å². The van der Waals surface area contributed by atoms with E-state index in [0.717, 1.165) is 0 Å². The van der Waals surface area contributed by atoms with Crippen molar-refractivity contribution in [3.05, 3.63) is 121 Å². The first-order chi connectivity index (χ1) is 18.4. The third kappa shape index (κ3) is 17.8. The number of hydrogen-bond acceptors (Lipinski definition) is 12. The Hall–Kier alpha value is -2.09. The predicted octanol–water partition coefficient (Wildman–Crippen LogP) is 1.98. The Morgan fingerprint density at radius 1 is 0.310 bits per heavy atom. The van der Waals surface area contributed by atoms with E-state index in [1.165, 1.54) is 97.1 Å². The quantitative estimate of drug-likeness (QED) is 0.218. The van der Waals surface area contributed by atoms with Gasteiger partial charge in [-0.25, -0.2) is 33.7 Å². The van der Waals surface area contributed by atoms with Crippen molar-refractivity contribution in [3.8, 4) is 0 Å². The van der Waals surface area contributed by atoms with Gasteiger partial charge in [0.2, 0.25) is 0 Å². The molecule has 0 atom stereocenters. The first-order valence-electron chi connectivity index (χ1n) is 10.5. The van der Waals surface area contributed by atoms with Crippen LogP contribution in [0.2, 0.25) is 0 Å². The van der Waals surface area contributed by atoms with Gasteiger partial charge in [-0.15, -0.1) is 0 Å². The summed E-state index contributed by atoms with van der Waals surface area (Å²) in [6.45, 7) is 0. The molecule has 0 N–H and O–H groups in total. The van der Waals surface area contributed by atoms with Crippen molar-refractivity contribution in [3.63, 3.8) is 0 Å². The molecule has 0 unspecified atom stereocenters. The second-order valence-electron chi connectivity index (χ2n) is 7.07. The van der Waals surface area contributed by atoms with Gasteiger partial charge in [-0.1, -0.05) is 72.8 Å². The van der Waals surface area contributed by atoms with Crippen LogP contribution in [0.3, 0.4) is 0 Å². The normalized spacial score (nSPS) is 10.8. The summed E-state index contributed by atoms with van der Waals surface area (Å²) in [4.78, 5) is -0.741. The average Bonchev–Trinajstić information content (AvgIpc) is 2.90. The molecule has 18 heteroatoms. The standard InChI is InChI=1S/4C6H6O3S.Mg.Zn/c4*7-10(8,9)6-4-2-1-3-5-6;;/h4*1-5H,(H,7,8,9);;/q;;;;2*+2/p-4. The van der Waals surface area contributed by atoms with Crippen molar-refractivity contribution in [1.82, 2.24) is 0 Å². The molecule has 0 saturated heterocycles. The van der Waals surface area contributed by atoms with Crippen LogP contribution in [-0.4, -0.2) is 74.9 Å². The summed E-state index contributed by atoms with van der Waals surface area (Å²) in [6, 6.07) is 28.8. The van der Waals surface area contributed by atoms with Gasteiger partial charge in [0.05, 0.1) is 19.6 Å². The summed E-state index contributed by atoms with van der Waals surface area (Å²) < 4.78 is 123. The van der Waals surface area contributed by atoms with Crippen LogP contribution in [0.25, 0.3) is 0 Å². The second kappa shape index (κ2) is 19.2. The van der Waals surface area contributed by atoms with Gasteiger partial charge in [-0.3, -0.25) is 0 Å². The smallest absolute Gasteiger partial charge is 0.744 e. The molecule has 4 aromatic rings. The predicted molar refractivity (Wildman–Crippen MR) is 143 cm³/mol. The zero-order valence-corrected chi connectivity index (χ0v) is 29.1. The molecule has 0 aliphatic rings. The maximum Gasteiger partial charge on any atom is 2.00 e. The maximum atomic E-state index is 10.3. The Labute approximate surface area is 273 Å². The minimum Gasteiger partial charge on any atom is -0.744 e. The van der Waals surface area contributed by atoms with Gasteiger partial charge in [0.1, 0.15) is 40.5 Å². The molecule has 0 aliphatic carbocycles. The van der Waals surface area contributed by atoms with Crippen molar-refractivity contribution in [2.24, 2.45) is 0 Å². The van der Waals surface area contributed by atoms with Crippen molar-refractivity contribution >= 4 is 63.5 Å². The molecular weight excluding hydrogens is 698 g/mol. The molecule has 4 aromatic carbocycles. The van der Waals surface area contributed by atoms with Crippen molar-refractivity contribution in [2.75, 3.05) is 0 Å². The van der Waals surface area contributed by atoms with Crippen molar-refractivity contribution < 1.29 is 71.4 Å². The summed E-state index contributed by atoms with van der Waals surface area (Å²) >= 11 is 0. The Morgan fingerprint density at radius 2 is 0.429 bits per heavy atom. The summed E-state index contributed by atoms with van der Waals surface area (Å²) in [7, 11) is -17.0. The Bertz CT molecular complexity index is 1490. The van der Waals surface area contributed by atoms with Crippen LogP contribution in [0.4, 0.5) is 0 Å². The molecular formula is C24H20MgO12S4Zn. The SMILES string of the molecule is O=S(=O)([O-])c1ccccc1.O=S(=O)([O-])c1ccccc1.O=S(=O)([O-])c1ccccc1.O=S(=O)([O-])c1ccccc1.[Mg+2].[Zn+2]. The zero-order chi connectivity index (χ0) is 30.5. The van der Waals surface area contributed by atoms with E-state index < -0.39 is 40.5 Å². The van der Waals surface area contributed by atoms with Crippen LogP contribution in [0.15, 0.2) is 141 Å². The molecule has 0 heterocycles. The molecule has 0 amide bonds. The van der Waals surface area contributed by atoms with Gasteiger partial charge in [0.15, 0.2) is 0 Å². The minimum atomic E-state index is -4.25. The summed E-state index contributed by atoms with van der Waals surface area (Å²) in [6.07, 6.45) is 0. The van der Waals surface area contributed by atoms with E-state index >= 15 is 0 Å². The average molecular weight is 718 g/mol. The summed E-state index contributed by atoms with van der Waals surface area (Å²) in [5.74, 6) is 0. The van der Waals surface area contributed by atoms with Crippen LogP contribution in [0, 0.1) is 0 Å². The topological polar surface area (TPSA) is 229 Å². The van der Waals surface area contributed by atoms with Crippen molar-refractivity contribution in [1.29, 1.82) is 0 Å². The summed E-state index contributed by atoms with van der Waals surface area (Å²) in [5.41, 5.74) is 0. The Morgan fingerprint density at radius 3 is 0.500 bits per heavy atom. The van der Waals surface area contributed by atoms with Crippen LogP contribution in [0.1, 0.15) is 0 Å². The monoisotopic (exact) mass is 716 g/mol. The third-order valence-corrected chi connectivity index (χ3v) is 7.53. The van der Waals surface area contributed by atoms with E-state index in [0.29, 0.717) is 0 Å². The first kappa shape index (κ1) is 42.0.